The van der Waals surface area contributed by atoms with Crippen LogP contribution in [-0.4, -0.2) is 41.0 Å². The van der Waals surface area contributed by atoms with Gasteiger partial charge in [0.2, 0.25) is 5.82 Å². The first-order chi connectivity index (χ1) is 8.68. The third-order valence-electron chi connectivity index (χ3n) is 3.23. The van der Waals surface area contributed by atoms with E-state index in [9.17, 15) is 10.1 Å². The minimum absolute atomic E-state index is 0.0823. The Bertz CT molecular complexity index is 430. The van der Waals surface area contributed by atoms with Crippen LogP contribution >= 0.6 is 0 Å². The Labute approximate surface area is 106 Å². The van der Waals surface area contributed by atoms with Crippen molar-refractivity contribution in [1.29, 1.82) is 0 Å². The molecule has 1 aliphatic heterocycles. The summed E-state index contributed by atoms with van der Waals surface area (Å²) >= 11 is 0. The van der Waals surface area contributed by atoms with E-state index in [2.05, 4.69) is 15.2 Å². The molecular formula is C12H18N4O2. The number of aromatic nitrogens is 1. The molecule has 1 aromatic rings. The molecule has 98 valence electrons. The van der Waals surface area contributed by atoms with Gasteiger partial charge in [-0.15, -0.1) is 0 Å². The fraction of sp³-hybridized carbons (Fsp3) is 0.583. The number of anilines is 1. The molecule has 6 nitrogen and oxygen atoms in total. The van der Waals surface area contributed by atoms with E-state index in [1.165, 1.54) is 12.8 Å². The van der Waals surface area contributed by atoms with Crippen LogP contribution in [0.2, 0.25) is 0 Å². The molecule has 0 spiro atoms. The topological polar surface area (TPSA) is 71.3 Å². The summed E-state index contributed by atoms with van der Waals surface area (Å²) < 4.78 is 0. The Morgan fingerprint density at radius 2 is 2.22 bits per heavy atom. The third kappa shape index (κ3) is 2.95. The summed E-state index contributed by atoms with van der Waals surface area (Å²) in [6, 6.07) is 1.66. The highest BCUT2D eigenvalue weighted by molar-refractivity contribution is 5.59. The first kappa shape index (κ1) is 12.8. The smallest absolute Gasteiger partial charge is 0.314 e. The molecular weight excluding hydrogens is 232 g/mol. The van der Waals surface area contributed by atoms with E-state index in [1.807, 2.05) is 0 Å². The summed E-state index contributed by atoms with van der Waals surface area (Å²) in [6.07, 6.45) is 4.10. The number of nitro groups is 1. The summed E-state index contributed by atoms with van der Waals surface area (Å²) in [7, 11) is 0. The van der Waals surface area contributed by atoms with E-state index in [-0.39, 0.29) is 10.6 Å². The van der Waals surface area contributed by atoms with Crippen LogP contribution in [0.15, 0.2) is 12.3 Å². The molecule has 0 radical (unpaired) electrons. The van der Waals surface area contributed by atoms with Gasteiger partial charge in [0.15, 0.2) is 0 Å². The number of hydrogen-bond acceptors (Lipinski definition) is 5. The van der Waals surface area contributed by atoms with Crippen LogP contribution in [0.1, 0.15) is 18.4 Å². The van der Waals surface area contributed by atoms with E-state index in [0.29, 0.717) is 17.9 Å². The minimum Gasteiger partial charge on any atom is -0.363 e. The lowest BCUT2D eigenvalue weighted by Gasteiger charge is -2.15. The monoisotopic (exact) mass is 250 g/mol. The standard InChI is InChI=1S/C12H18N4O2/c1-10-4-5-13-12(11(10)16(17)18)14-6-9-15-7-2-3-8-15/h4-5H,2-3,6-9H2,1H3,(H,13,14). The van der Waals surface area contributed by atoms with Gasteiger partial charge < -0.3 is 10.2 Å². The molecule has 2 rings (SSSR count). The highest BCUT2D eigenvalue weighted by Gasteiger charge is 2.18. The molecule has 18 heavy (non-hydrogen) atoms. The number of nitrogens with one attached hydrogen (secondary N) is 1. The summed E-state index contributed by atoms with van der Waals surface area (Å²) in [4.78, 5) is 17.0. The molecule has 1 N–H and O–H groups in total. The van der Waals surface area contributed by atoms with Crippen molar-refractivity contribution in [3.63, 3.8) is 0 Å². The zero-order chi connectivity index (χ0) is 13.0. The van der Waals surface area contributed by atoms with Crippen molar-refractivity contribution in [2.75, 3.05) is 31.5 Å². The largest absolute Gasteiger partial charge is 0.363 e. The molecule has 1 aliphatic rings. The fourth-order valence-corrected chi connectivity index (χ4v) is 2.25. The lowest BCUT2D eigenvalue weighted by atomic mass is 10.2. The maximum atomic E-state index is 11.0. The fourth-order valence-electron chi connectivity index (χ4n) is 2.25. The first-order valence-corrected chi connectivity index (χ1v) is 6.24. The van der Waals surface area contributed by atoms with Gasteiger partial charge in [-0.05, 0) is 38.9 Å². The second-order valence-electron chi connectivity index (χ2n) is 4.56. The van der Waals surface area contributed by atoms with E-state index < -0.39 is 0 Å². The van der Waals surface area contributed by atoms with Crippen LogP contribution in [-0.2, 0) is 0 Å². The normalized spacial score (nSPS) is 15.8. The number of aryl methyl sites for hydroxylation is 1. The van der Waals surface area contributed by atoms with E-state index >= 15 is 0 Å². The predicted molar refractivity (Wildman–Crippen MR) is 69.8 cm³/mol. The second kappa shape index (κ2) is 5.77. The summed E-state index contributed by atoms with van der Waals surface area (Å²) in [5, 5.41) is 14.0. The molecule has 1 fully saturated rings. The van der Waals surface area contributed by atoms with Gasteiger partial charge in [-0.3, -0.25) is 10.1 Å². The van der Waals surface area contributed by atoms with Gasteiger partial charge >= 0.3 is 5.69 Å². The van der Waals surface area contributed by atoms with Crippen molar-refractivity contribution in [2.24, 2.45) is 0 Å². The molecule has 1 saturated heterocycles. The lowest BCUT2D eigenvalue weighted by Crippen LogP contribution is -2.26. The molecule has 6 heteroatoms. The second-order valence-corrected chi connectivity index (χ2v) is 4.56. The summed E-state index contributed by atoms with van der Waals surface area (Å²) in [6.45, 7) is 5.59. The van der Waals surface area contributed by atoms with Gasteiger partial charge in [-0.25, -0.2) is 4.98 Å². The van der Waals surface area contributed by atoms with Crippen molar-refractivity contribution in [1.82, 2.24) is 9.88 Å². The Hall–Kier alpha value is -1.69. The highest BCUT2D eigenvalue weighted by Crippen LogP contribution is 2.25. The quantitative estimate of drug-likeness (QED) is 0.637. The number of nitrogens with zero attached hydrogens (tertiary/aromatic N) is 3. The number of pyridine rings is 1. The van der Waals surface area contributed by atoms with E-state index in [4.69, 9.17) is 0 Å². The number of likely N-dealkylation sites (tertiary alicyclic amines) is 1. The maximum Gasteiger partial charge on any atom is 0.314 e. The van der Waals surface area contributed by atoms with Crippen molar-refractivity contribution < 1.29 is 4.92 Å². The molecule has 0 saturated carbocycles. The van der Waals surface area contributed by atoms with Gasteiger partial charge in [-0.1, -0.05) is 0 Å². The molecule has 0 aromatic carbocycles. The molecule has 0 atom stereocenters. The Morgan fingerprint density at radius 1 is 1.50 bits per heavy atom. The predicted octanol–water partition coefficient (Wildman–Crippen LogP) is 1.81. The SMILES string of the molecule is Cc1ccnc(NCCN2CCCC2)c1[N+](=O)[O-]. The van der Waals surface area contributed by atoms with Crippen LogP contribution in [0, 0.1) is 17.0 Å². The number of hydrogen-bond donors (Lipinski definition) is 1. The zero-order valence-electron chi connectivity index (χ0n) is 10.6. The van der Waals surface area contributed by atoms with Gasteiger partial charge in [0.05, 0.1) is 4.92 Å². The molecule has 0 aliphatic carbocycles. The van der Waals surface area contributed by atoms with Gasteiger partial charge in [0.25, 0.3) is 0 Å². The Balaban J connectivity index is 1.96. The van der Waals surface area contributed by atoms with Crippen LogP contribution in [0.5, 0.6) is 0 Å². The van der Waals surface area contributed by atoms with E-state index in [0.717, 1.165) is 19.6 Å². The Kier molecular flexibility index (Phi) is 4.09. The van der Waals surface area contributed by atoms with Gasteiger partial charge in [0, 0.05) is 24.8 Å². The average molecular weight is 250 g/mol. The molecule has 0 amide bonds. The van der Waals surface area contributed by atoms with Crippen LogP contribution in [0.25, 0.3) is 0 Å². The van der Waals surface area contributed by atoms with Gasteiger partial charge in [0.1, 0.15) is 0 Å². The molecule has 2 heterocycles. The minimum atomic E-state index is -0.374. The van der Waals surface area contributed by atoms with Gasteiger partial charge in [-0.2, -0.15) is 0 Å². The third-order valence-corrected chi connectivity index (χ3v) is 3.23. The Morgan fingerprint density at radius 3 is 2.89 bits per heavy atom. The summed E-state index contributed by atoms with van der Waals surface area (Å²) in [5.41, 5.74) is 0.720. The lowest BCUT2D eigenvalue weighted by molar-refractivity contribution is -0.384. The van der Waals surface area contributed by atoms with Crippen molar-refractivity contribution in [2.45, 2.75) is 19.8 Å². The average Bonchev–Trinajstić information content (AvgIpc) is 2.81. The molecule has 1 aromatic heterocycles. The van der Waals surface area contributed by atoms with Crippen LogP contribution < -0.4 is 5.32 Å². The number of rotatable bonds is 5. The summed E-state index contributed by atoms with van der Waals surface area (Å²) in [5.74, 6) is 0.374. The first-order valence-electron chi connectivity index (χ1n) is 6.24. The van der Waals surface area contributed by atoms with E-state index in [1.54, 1.807) is 19.2 Å². The van der Waals surface area contributed by atoms with Crippen molar-refractivity contribution in [3.05, 3.63) is 27.9 Å². The molecule has 0 bridgehead atoms. The molecule has 0 unspecified atom stereocenters. The van der Waals surface area contributed by atoms with Crippen molar-refractivity contribution in [3.8, 4) is 0 Å². The zero-order valence-corrected chi connectivity index (χ0v) is 10.6. The van der Waals surface area contributed by atoms with Crippen LogP contribution in [0.3, 0.4) is 0 Å². The highest BCUT2D eigenvalue weighted by atomic mass is 16.6. The maximum absolute atomic E-state index is 11.0. The van der Waals surface area contributed by atoms with Crippen molar-refractivity contribution >= 4 is 11.5 Å². The van der Waals surface area contributed by atoms with Crippen LogP contribution in [0.4, 0.5) is 11.5 Å².